The number of carbonyl (C=O) groups excluding carboxylic acids is 1. The van der Waals surface area contributed by atoms with Crippen molar-refractivity contribution < 1.29 is 4.79 Å². The molecule has 0 aromatic carbocycles. The second-order valence-corrected chi connectivity index (χ2v) is 2.58. The molecule has 3 N–H and O–H groups in total. The fourth-order valence-corrected chi connectivity index (χ4v) is 1.10. The molecule has 1 atom stereocenters. The standard InChI is InChI=1S/C7H7N5O/c8-7-11-5(6(13)12-7)4-1-9-3-10-2-4/h1-3,5H,(H3,8,11,12,13). The Morgan fingerprint density at radius 1 is 1.38 bits per heavy atom. The summed E-state index contributed by atoms with van der Waals surface area (Å²) in [5, 5.41) is 2.40. The van der Waals surface area contributed by atoms with Crippen LogP contribution in [0.4, 0.5) is 0 Å². The average Bonchev–Trinajstić information content (AvgIpc) is 2.47. The number of carbonyl (C=O) groups is 1. The normalized spacial score (nSPS) is 21.1. The molecule has 1 aliphatic heterocycles. The molecule has 1 aromatic rings. The second kappa shape index (κ2) is 2.81. The highest BCUT2D eigenvalue weighted by Gasteiger charge is 2.26. The summed E-state index contributed by atoms with van der Waals surface area (Å²) in [6.45, 7) is 0. The topological polar surface area (TPSA) is 93.3 Å². The molecular weight excluding hydrogens is 170 g/mol. The monoisotopic (exact) mass is 177 g/mol. The van der Waals surface area contributed by atoms with Gasteiger partial charge in [-0.1, -0.05) is 0 Å². The highest BCUT2D eigenvalue weighted by atomic mass is 16.2. The van der Waals surface area contributed by atoms with Gasteiger partial charge in [0, 0.05) is 18.0 Å². The van der Waals surface area contributed by atoms with Crippen molar-refractivity contribution >= 4 is 11.9 Å². The number of hydrogen-bond donors (Lipinski definition) is 2. The Labute approximate surface area is 73.9 Å². The fraction of sp³-hybridized carbons (Fsp3) is 0.143. The number of nitrogens with two attached hydrogens (primary N) is 1. The lowest BCUT2D eigenvalue weighted by molar-refractivity contribution is -0.120. The molecule has 66 valence electrons. The Morgan fingerprint density at radius 2 is 2.08 bits per heavy atom. The molecule has 1 aromatic heterocycles. The molecule has 0 spiro atoms. The maximum absolute atomic E-state index is 11.2. The van der Waals surface area contributed by atoms with E-state index in [2.05, 4.69) is 20.3 Å². The van der Waals surface area contributed by atoms with Crippen molar-refractivity contribution in [3.05, 3.63) is 24.3 Å². The van der Waals surface area contributed by atoms with Crippen LogP contribution >= 0.6 is 0 Å². The molecule has 1 aliphatic rings. The van der Waals surface area contributed by atoms with Crippen LogP contribution in [0.3, 0.4) is 0 Å². The second-order valence-electron chi connectivity index (χ2n) is 2.58. The number of nitrogens with one attached hydrogen (secondary N) is 1. The van der Waals surface area contributed by atoms with Gasteiger partial charge in [0.2, 0.25) is 0 Å². The lowest BCUT2D eigenvalue weighted by atomic mass is 10.1. The third kappa shape index (κ3) is 1.33. The lowest BCUT2D eigenvalue weighted by Crippen LogP contribution is -2.31. The van der Waals surface area contributed by atoms with Gasteiger partial charge in [-0.15, -0.1) is 0 Å². The van der Waals surface area contributed by atoms with Crippen LogP contribution in [0.2, 0.25) is 0 Å². The Morgan fingerprint density at radius 3 is 2.62 bits per heavy atom. The van der Waals surface area contributed by atoms with Crippen LogP contribution in [-0.2, 0) is 4.79 Å². The first kappa shape index (κ1) is 7.66. The van der Waals surface area contributed by atoms with Gasteiger partial charge in [0.1, 0.15) is 6.33 Å². The van der Waals surface area contributed by atoms with E-state index in [0.717, 1.165) is 0 Å². The number of nitrogens with zero attached hydrogens (tertiary/aromatic N) is 3. The predicted octanol–water partition coefficient (Wildman–Crippen LogP) is -1.04. The van der Waals surface area contributed by atoms with Gasteiger partial charge in [-0.3, -0.25) is 10.1 Å². The summed E-state index contributed by atoms with van der Waals surface area (Å²) in [5.74, 6) is -0.105. The van der Waals surface area contributed by atoms with Gasteiger partial charge in [0.25, 0.3) is 5.91 Å². The van der Waals surface area contributed by atoms with E-state index in [1.165, 1.54) is 6.33 Å². The van der Waals surface area contributed by atoms with Gasteiger partial charge in [-0.2, -0.15) is 0 Å². The van der Waals surface area contributed by atoms with Crippen LogP contribution in [0, 0.1) is 0 Å². The molecule has 0 saturated heterocycles. The van der Waals surface area contributed by atoms with Crippen LogP contribution in [-0.4, -0.2) is 21.8 Å². The zero-order valence-corrected chi connectivity index (χ0v) is 6.64. The zero-order chi connectivity index (χ0) is 9.26. The molecule has 0 bridgehead atoms. The van der Waals surface area contributed by atoms with Crippen molar-refractivity contribution in [2.24, 2.45) is 10.7 Å². The first-order valence-electron chi connectivity index (χ1n) is 3.66. The Bertz CT molecular complexity index is 360. The van der Waals surface area contributed by atoms with Crippen LogP contribution < -0.4 is 11.1 Å². The molecule has 1 amide bonds. The number of aliphatic imine (C=N–C) groups is 1. The van der Waals surface area contributed by atoms with Crippen molar-refractivity contribution in [3.8, 4) is 0 Å². The molecule has 0 aliphatic carbocycles. The Hall–Kier alpha value is -1.98. The van der Waals surface area contributed by atoms with E-state index >= 15 is 0 Å². The molecule has 0 saturated carbocycles. The Kier molecular flexibility index (Phi) is 1.66. The maximum Gasteiger partial charge on any atom is 0.256 e. The minimum absolute atomic E-state index is 0.138. The minimum atomic E-state index is -0.596. The summed E-state index contributed by atoms with van der Waals surface area (Å²) < 4.78 is 0. The SMILES string of the molecule is NC1=NC(c2cncnc2)C(=O)N1. The molecular formula is C7H7N5O. The summed E-state index contributed by atoms with van der Waals surface area (Å²) in [5.41, 5.74) is 5.97. The van der Waals surface area contributed by atoms with E-state index in [0.29, 0.717) is 5.56 Å². The van der Waals surface area contributed by atoms with E-state index < -0.39 is 6.04 Å². The van der Waals surface area contributed by atoms with Gasteiger partial charge in [-0.05, 0) is 0 Å². The van der Waals surface area contributed by atoms with Crippen molar-refractivity contribution in [1.29, 1.82) is 0 Å². The molecule has 6 heteroatoms. The highest BCUT2D eigenvalue weighted by Crippen LogP contribution is 2.18. The number of amides is 1. The molecule has 2 heterocycles. The van der Waals surface area contributed by atoms with E-state index in [1.54, 1.807) is 12.4 Å². The third-order valence-electron chi connectivity index (χ3n) is 1.66. The summed E-state index contributed by atoms with van der Waals surface area (Å²) in [4.78, 5) is 22.7. The van der Waals surface area contributed by atoms with Crippen LogP contribution in [0.5, 0.6) is 0 Å². The summed E-state index contributed by atoms with van der Waals surface area (Å²) in [6.07, 6.45) is 4.47. The van der Waals surface area contributed by atoms with Crippen molar-refractivity contribution in [2.45, 2.75) is 6.04 Å². The molecule has 0 radical (unpaired) electrons. The van der Waals surface area contributed by atoms with E-state index in [4.69, 9.17) is 5.73 Å². The quantitative estimate of drug-likeness (QED) is 0.573. The molecule has 0 fully saturated rings. The summed E-state index contributed by atoms with van der Waals surface area (Å²) >= 11 is 0. The van der Waals surface area contributed by atoms with E-state index in [9.17, 15) is 4.79 Å². The van der Waals surface area contributed by atoms with Crippen LogP contribution in [0.1, 0.15) is 11.6 Å². The maximum atomic E-state index is 11.2. The fourth-order valence-electron chi connectivity index (χ4n) is 1.10. The third-order valence-corrected chi connectivity index (χ3v) is 1.66. The number of hydrogen-bond acceptors (Lipinski definition) is 5. The van der Waals surface area contributed by atoms with Crippen LogP contribution in [0.25, 0.3) is 0 Å². The summed E-state index contributed by atoms with van der Waals surface area (Å²) in [6, 6.07) is -0.596. The van der Waals surface area contributed by atoms with Gasteiger partial charge in [0.15, 0.2) is 12.0 Å². The molecule has 6 nitrogen and oxygen atoms in total. The highest BCUT2D eigenvalue weighted by molar-refractivity contribution is 6.04. The van der Waals surface area contributed by atoms with Crippen molar-refractivity contribution in [1.82, 2.24) is 15.3 Å². The average molecular weight is 177 g/mol. The Balaban J connectivity index is 2.33. The van der Waals surface area contributed by atoms with E-state index in [-0.39, 0.29) is 11.9 Å². The van der Waals surface area contributed by atoms with Gasteiger partial charge in [-0.25, -0.2) is 15.0 Å². The zero-order valence-electron chi connectivity index (χ0n) is 6.64. The van der Waals surface area contributed by atoms with Crippen LogP contribution in [0.15, 0.2) is 23.7 Å². The minimum Gasteiger partial charge on any atom is -0.370 e. The first-order valence-corrected chi connectivity index (χ1v) is 3.66. The smallest absolute Gasteiger partial charge is 0.256 e. The molecule has 2 rings (SSSR count). The lowest BCUT2D eigenvalue weighted by Gasteiger charge is -2.01. The van der Waals surface area contributed by atoms with Gasteiger partial charge < -0.3 is 5.73 Å². The molecule has 13 heavy (non-hydrogen) atoms. The number of aromatic nitrogens is 2. The number of guanidine groups is 1. The van der Waals surface area contributed by atoms with Crippen molar-refractivity contribution in [2.75, 3.05) is 0 Å². The van der Waals surface area contributed by atoms with Crippen molar-refractivity contribution in [3.63, 3.8) is 0 Å². The first-order chi connectivity index (χ1) is 6.27. The molecule has 1 unspecified atom stereocenters. The predicted molar refractivity (Wildman–Crippen MR) is 44.5 cm³/mol. The van der Waals surface area contributed by atoms with Gasteiger partial charge in [0.05, 0.1) is 0 Å². The van der Waals surface area contributed by atoms with E-state index in [1.807, 2.05) is 0 Å². The summed E-state index contributed by atoms with van der Waals surface area (Å²) in [7, 11) is 0. The van der Waals surface area contributed by atoms with Gasteiger partial charge >= 0.3 is 0 Å². The largest absolute Gasteiger partial charge is 0.370 e. The number of rotatable bonds is 1.